The van der Waals surface area contributed by atoms with Gasteiger partial charge in [0.15, 0.2) is 5.78 Å². The summed E-state index contributed by atoms with van der Waals surface area (Å²) >= 11 is 6.52. The number of ketones is 1. The van der Waals surface area contributed by atoms with Crippen LogP contribution in [0.1, 0.15) is 61.0 Å². The summed E-state index contributed by atoms with van der Waals surface area (Å²) in [6.45, 7) is 6.12. The van der Waals surface area contributed by atoms with Gasteiger partial charge in [-0.15, -0.1) is 0 Å². The summed E-state index contributed by atoms with van der Waals surface area (Å²) < 4.78 is 27.5. The zero-order chi connectivity index (χ0) is 24.8. The molecule has 0 bridgehead atoms. The van der Waals surface area contributed by atoms with Crippen molar-refractivity contribution in [3.8, 4) is 0 Å². The predicted octanol–water partition coefficient (Wildman–Crippen LogP) is 4.76. The van der Waals surface area contributed by atoms with E-state index in [-0.39, 0.29) is 23.3 Å². The van der Waals surface area contributed by atoms with Gasteiger partial charge < -0.3 is 5.32 Å². The van der Waals surface area contributed by atoms with E-state index in [1.165, 1.54) is 19.3 Å². The average molecular weight is 518 g/mol. The van der Waals surface area contributed by atoms with Gasteiger partial charge in [-0.3, -0.25) is 9.69 Å². The van der Waals surface area contributed by atoms with Gasteiger partial charge in [0, 0.05) is 36.3 Å². The second kappa shape index (κ2) is 12.0. The lowest BCUT2D eigenvalue weighted by molar-refractivity contribution is 0.0983. The molecule has 0 aromatic heterocycles. The maximum atomic E-state index is 12.9. The Morgan fingerprint density at radius 2 is 1.66 bits per heavy atom. The Morgan fingerprint density at radius 3 is 2.31 bits per heavy atom. The molecule has 2 aliphatic heterocycles. The number of carbonyl (C=O) groups is 1. The number of hydrogen-bond acceptors (Lipinski definition) is 5. The van der Waals surface area contributed by atoms with Crippen molar-refractivity contribution in [1.29, 1.82) is 0 Å². The summed E-state index contributed by atoms with van der Waals surface area (Å²) in [7, 11) is -3.51. The van der Waals surface area contributed by atoms with E-state index in [1.54, 1.807) is 28.6 Å². The highest BCUT2D eigenvalue weighted by atomic mass is 35.5. The Bertz CT molecular complexity index is 1090. The third-order valence-electron chi connectivity index (χ3n) is 7.28. The van der Waals surface area contributed by atoms with Gasteiger partial charge in [0.2, 0.25) is 10.0 Å². The lowest BCUT2D eigenvalue weighted by Crippen LogP contribution is -2.40. The first kappa shape index (κ1) is 26.3. The van der Waals surface area contributed by atoms with Crippen LogP contribution in [0.25, 0.3) is 0 Å². The van der Waals surface area contributed by atoms with Crippen LogP contribution in [0.2, 0.25) is 5.02 Å². The zero-order valence-corrected chi connectivity index (χ0v) is 22.0. The van der Waals surface area contributed by atoms with Gasteiger partial charge in [0.25, 0.3) is 0 Å². The highest BCUT2D eigenvalue weighted by Gasteiger charge is 2.28. The molecule has 1 N–H and O–H groups in total. The van der Waals surface area contributed by atoms with Crippen molar-refractivity contribution in [3.05, 3.63) is 64.7 Å². The predicted molar refractivity (Wildman–Crippen MR) is 140 cm³/mol. The maximum Gasteiger partial charge on any atom is 0.243 e. The van der Waals surface area contributed by atoms with Crippen molar-refractivity contribution >= 4 is 27.4 Å². The minimum Gasteiger partial charge on any atom is -0.308 e. The second-order valence-electron chi connectivity index (χ2n) is 9.80. The largest absolute Gasteiger partial charge is 0.308 e. The van der Waals surface area contributed by atoms with Crippen LogP contribution in [0, 0.1) is 5.92 Å². The van der Waals surface area contributed by atoms with E-state index < -0.39 is 10.0 Å². The number of piperidine rings is 2. The summed E-state index contributed by atoms with van der Waals surface area (Å²) in [5.74, 6) is 0.499. The van der Waals surface area contributed by atoms with E-state index in [0.717, 1.165) is 36.5 Å². The van der Waals surface area contributed by atoms with Crippen LogP contribution < -0.4 is 5.32 Å². The lowest BCUT2D eigenvalue weighted by atomic mass is 10.0. The van der Waals surface area contributed by atoms with Gasteiger partial charge in [-0.1, -0.05) is 55.3 Å². The van der Waals surface area contributed by atoms with Gasteiger partial charge in [-0.05, 0) is 68.5 Å². The third kappa shape index (κ3) is 6.52. The van der Waals surface area contributed by atoms with E-state index in [2.05, 4.69) is 23.2 Å². The molecule has 2 heterocycles. The molecule has 2 aromatic rings. The molecule has 4 rings (SSSR count). The van der Waals surface area contributed by atoms with Crippen LogP contribution in [-0.4, -0.2) is 62.7 Å². The molecule has 1 atom stereocenters. The number of benzene rings is 2. The Labute approximate surface area is 214 Å². The monoisotopic (exact) mass is 517 g/mol. The maximum absolute atomic E-state index is 12.9. The van der Waals surface area contributed by atoms with Crippen molar-refractivity contribution in [2.45, 2.75) is 50.0 Å². The van der Waals surface area contributed by atoms with Crippen molar-refractivity contribution < 1.29 is 13.2 Å². The van der Waals surface area contributed by atoms with Crippen LogP contribution >= 0.6 is 11.6 Å². The molecule has 0 amide bonds. The first-order valence-corrected chi connectivity index (χ1v) is 14.5. The molecule has 0 radical (unpaired) electrons. The molecule has 8 heteroatoms. The summed E-state index contributed by atoms with van der Waals surface area (Å²) in [5, 5.41) is 4.08. The molecule has 2 saturated heterocycles. The Kier molecular flexibility index (Phi) is 9.00. The van der Waals surface area contributed by atoms with Crippen molar-refractivity contribution in [2.75, 3.05) is 39.3 Å². The molecule has 0 aliphatic carbocycles. The standard InChI is InChI=1S/C27H36ClN3O3S/c1-21-13-17-31(18-14-21)35(33,34)23-11-9-22(10-12-23)27(32)20-29-19-26(30-15-5-2-6-16-30)24-7-3-4-8-25(24)28/h3-4,7-12,21,26,29H,2,5-6,13-20H2,1H3. The quantitative estimate of drug-likeness (QED) is 0.486. The molecular weight excluding hydrogens is 482 g/mol. The minimum atomic E-state index is -3.51. The van der Waals surface area contributed by atoms with E-state index >= 15 is 0 Å². The van der Waals surface area contributed by atoms with Crippen molar-refractivity contribution in [2.24, 2.45) is 5.92 Å². The smallest absolute Gasteiger partial charge is 0.243 e. The first-order valence-electron chi connectivity index (χ1n) is 12.7. The molecule has 2 aliphatic rings. The first-order chi connectivity index (χ1) is 16.9. The Morgan fingerprint density at radius 1 is 1.00 bits per heavy atom. The van der Waals surface area contributed by atoms with Gasteiger partial charge in [-0.2, -0.15) is 4.31 Å². The highest BCUT2D eigenvalue weighted by Crippen LogP contribution is 2.29. The number of rotatable bonds is 9. The molecule has 0 spiro atoms. The summed E-state index contributed by atoms with van der Waals surface area (Å²) in [5.41, 5.74) is 1.59. The van der Waals surface area contributed by atoms with Gasteiger partial charge >= 0.3 is 0 Å². The van der Waals surface area contributed by atoms with Crippen LogP contribution in [0.4, 0.5) is 0 Å². The molecule has 1 unspecified atom stereocenters. The molecular formula is C27H36ClN3O3S. The molecule has 2 fully saturated rings. The topological polar surface area (TPSA) is 69.7 Å². The summed E-state index contributed by atoms with van der Waals surface area (Å²) in [6, 6.07) is 14.4. The fourth-order valence-corrected chi connectivity index (χ4v) is 6.75. The van der Waals surface area contributed by atoms with E-state index in [9.17, 15) is 13.2 Å². The third-order valence-corrected chi connectivity index (χ3v) is 9.53. The minimum absolute atomic E-state index is 0.0581. The van der Waals surface area contributed by atoms with E-state index in [1.807, 2.05) is 18.2 Å². The molecule has 190 valence electrons. The normalized spacial score (nSPS) is 19.5. The van der Waals surface area contributed by atoms with Crippen LogP contribution in [0.3, 0.4) is 0 Å². The number of hydrogen-bond donors (Lipinski definition) is 1. The van der Waals surface area contributed by atoms with Crippen molar-refractivity contribution in [1.82, 2.24) is 14.5 Å². The zero-order valence-electron chi connectivity index (χ0n) is 20.5. The molecule has 6 nitrogen and oxygen atoms in total. The highest BCUT2D eigenvalue weighted by molar-refractivity contribution is 7.89. The van der Waals surface area contributed by atoms with Gasteiger partial charge in [0.05, 0.1) is 11.4 Å². The average Bonchev–Trinajstić information content (AvgIpc) is 2.88. The fraction of sp³-hybridized carbons (Fsp3) is 0.519. The van der Waals surface area contributed by atoms with Gasteiger partial charge in [-0.25, -0.2) is 8.42 Å². The number of likely N-dealkylation sites (tertiary alicyclic amines) is 1. The Hall–Kier alpha value is -1.77. The summed E-state index contributed by atoms with van der Waals surface area (Å²) in [4.78, 5) is 15.5. The molecule has 35 heavy (non-hydrogen) atoms. The number of sulfonamides is 1. The van der Waals surface area contributed by atoms with Crippen LogP contribution in [-0.2, 0) is 10.0 Å². The summed E-state index contributed by atoms with van der Waals surface area (Å²) in [6.07, 6.45) is 5.36. The van der Waals surface area contributed by atoms with Gasteiger partial charge in [0.1, 0.15) is 0 Å². The molecule has 2 aromatic carbocycles. The van der Waals surface area contributed by atoms with Crippen LogP contribution in [0.5, 0.6) is 0 Å². The number of Topliss-reactive ketones (excluding diaryl/α,β-unsaturated/α-hetero) is 1. The van der Waals surface area contributed by atoms with Crippen molar-refractivity contribution in [3.63, 3.8) is 0 Å². The number of halogens is 1. The fourth-order valence-electron chi connectivity index (χ4n) is 5.02. The van der Waals surface area contributed by atoms with Crippen LogP contribution in [0.15, 0.2) is 53.4 Å². The van der Waals surface area contributed by atoms with E-state index in [4.69, 9.17) is 11.6 Å². The number of carbonyl (C=O) groups excluding carboxylic acids is 1. The number of nitrogens with zero attached hydrogens (tertiary/aromatic N) is 2. The second-order valence-corrected chi connectivity index (χ2v) is 12.1. The number of nitrogens with one attached hydrogen (secondary N) is 1. The Balaban J connectivity index is 1.37. The SMILES string of the molecule is CC1CCN(S(=O)(=O)c2ccc(C(=O)CNCC(c3ccccc3Cl)N3CCCCC3)cc2)CC1. The molecule has 0 saturated carbocycles. The van der Waals surface area contributed by atoms with E-state index in [0.29, 0.717) is 31.1 Å². The lowest BCUT2D eigenvalue weighted by Gasteiger charge is -2.35.